The fraction of sp³-hybridized carbons (Fsp3) is 0.235. The van der Waals surface area contributed by atoms with E-state index in [1.807, 2.05) is 31.2 Å². The minimum Gasteiger partial charge on any atom is -0.452 e. The fourth-order valence-electron chi connectivity index (χ4n) is 2.15. The highest BCUT2D eigenvalue weighted by molar-refractivity contribution is 9.10. The molecule has 126 valence electrons. The molecule has 2 rings (SSSR count). The summed E-state index contributed by atoms with van der Waals surface area (Å²) >= 11 is 3.38. The molecule has 0 unspecified atom stereocenters. The van der Waals surface area contributed by atoms with E-state index in [0.717, 1.165) is 16.5 Å². The first kappa shape index (κ1) is 17.9. The van der Waals surface area contributed by atoms with Crippen LogP contribution in [0, 0.1) is 0 Å². The van der Waals surface area contributed by atoms with Crippen LogP contribution in [0.1, 0.15) is 35.3 Å². The van der Waals surface area contributed by atoms with Gasteiger partial charge >= 0.3 is 5.97 Å². The van der Waals surface area contributed by atoms with Crippen LogP contribution >= 0.6 is 15.9 Å². The molecule has 1 amide bonds. The molecule has 7 heteroatoms. The van der Waals surface area contributed by atoms with Crippen molar-refractivity contribution in [2.45, 2.75) is 19.4 Å². The highest BCUT2D eigenvalue weighted by Crippen LogP contribution is 2.19. The summed E-state index contributed by atoms with van der Waals surface area (Å²) in [6.07, 6.45) is 2.19. The average molecular weight is 392 g/mol. The monoisotopic (exact) mass is 391 g/mol. The molecule has 0 saturated heterocycles. The lowest BCUT2D eigenvalue weighted by Gasteiger charge is -2.17. The predicted molar refractivity (Wildman–Crippen MR) is 94.2 cm³/mol. The second-order valence-corrected chi connectivity index (χ2v) is 6.01. The standard InChI is InChI=1S/C17H18BrN3O3/c1-2-14(11-5-7-12(18)8-6-11)21-15(22)10-24-17(23)13-4-3-9-20-16(13)19/h3-9,14H,2,10H2,1H3,(H2,19,20)(H,21,22)/t14-/m0/s1. The molecule has 2 aromatic rings. The van der Waals surface area contributed by atoms with Crippen molar-refractivity contribution in [3.8, 4) is 0 Å². The summed E-state index contributed by atoms with van der Waals surface area (Å²) in [5.41, 5.74) is 6.73. The summed E-state index contributed by atoms with van der Waals surface area (Å²) < 4.78 is 5.96. The molecule has 1 aromatic carbocycles. The molecular weight excluding hydrogens is 374 g/mol. The minimum absolute atomic E-state index is 0.0733. The van der Waals surface area contributed by atoms with Crippen LogP contribution in [0.3, 0.4) is 0 Å². The zero-order valence-electron chi connectivity index (χ0n) is 13.2. The number of pyridine rings is 1. The SMILES string of the molecule is CC[C@H](NC(=O)COC(=O)c1cccnc1N)c1ccc(Br)cc1. The molecule has 1 aromatic heterocycles. The minimum atomic E-state index is -0.674. The molecule has 3 N–H and O–H groups in total. The Balaban J connectivity index is 1.91. The average Bonchev–Trinajstić information content (AvgIpc) is 2.59. The maximum Gasteiger partial charge on any atom is 0.342 e. The van der Waals surface area contributed by atoms with Crippen molar-refractivity contribution in [2.24, 2.45) is 0 Å². The number of halogens is 1. The largest absolute Gasteiger partial charge is 0.452 e. The van der Waals surface area contributed by atoms with E-state index in [-0.39, 0.29) is 29.9 Å². The Bertz CT molecular complexity index is 719. The number of nitrogens with one attached hydrogen (secondary N) is 1. The van der Waals surface area contributed by atoms with Crippen molar-refractivity contribution in [3.05, 3.63) is 58.2 Å². The second-order valence-electron chi connectivity index (χ2n) is 5.09. The summed E-state index contributed by atoms with van der Waals surface area (Å²) in [7, 11) is 0. The number of aromatic nitrogens is 1. The van der Waals surface area contributed by atoms with Crippen LogP contribution in [0.5, 0.6) is 0 Å². The normalized spacial score (nSPS) is 11.6. The second kappa shape index (κ2) is 8.44. The van der Waals surface area contributed by atoms with Crippen LogP contribution in [0.25, 0.3) is 0 Å². The highest BCUT2D eigenvalue weighted by atomic mass is 79.9. The highest BCUT2D eigenvalue weighted by Gasteiger charge is 2.16. The third kappa shape index (κ3) is 4.79. The van der Waals surface area contributed by atoms with E-state index < -0.39 is 5.97 Å². The molecule has 0 aliphatic carbocycles. The maximum atomic E-state index is 12.0. The number of anilines is 1. The Morgan fingerprint density at radius 3 is 2.62 bits per heavy atom. The Morgan fingerprint density at radius 2 is 2.00 bits per heavy atom. The zero-order chi connectivity index (χ0) is 17.5. The van der Waals surface area contributed by atoms with Crippen molar-refractivity contribution >= 4 is 33.6 Å². The van der Waals surface area contributed by atoms with Gasteiger partial charge in [0.15, 0.2) is 6.61 Å². The molecule has 1 heterocycles. The summed E-state index contributed by atoms with van der Waals surface area (Å²) in [5, 5.41) is 2.85. The molecular formula is C17H18BrN3O3. The summed E-state index contributed by atoms with van der Waals surface area (Å²) in [5.74, 6) is -0.975. The van der Waals surface area contributed by atoms with Crippen molar-refractivity contribution in [3.63, 3.8) is 0 Å². The van der Waals surface area contributed by atoms with Gasteiger partial charge < -0.3 is 15.8 Å². The van der Waals surface area contributed by atoms with Gasteiger partial charge in [0.25, 0.3) is 5.91 Å². The van der Waals surface area contributed by atoms with E-state index in [2.05, 4.69) is 26.2 Å². The molecule has 0 spiro atoms. The number of nitrogens with zero attached hydrogens (tertiary/aromatic N) is 1. The van der Waals surface area contributed by atoms with Gasteiger partial charge in [-0.15, -0.1) is 0 Å². The first-order valence-electron chi connectivity index (χ1n) is 7.43. The van der Waals surface area contributed by atoms with E-state index in [1.54, 1.807) is 6.07 Å². The third-order valence-corrected chi connectivity index (χ3v) is 3.94. The molecule has 0 fully saturated rings. The lowest BCUT2D eigenvalue weighted by Crippen LogP contribution is -2.32. The Kier molecular flexibility index (Phi) is 6.31. The Labute approximate surface area is 148 Å². The van der Waals surface area contributed by atoms with Crippen molar-refractivity contribution in [1.29, 1.82) is 0 Å². The van der Waals surface area contributed by atoms with Crippen LogP contribution in [0.15, 0.2) is 47.1 Å². The van der Waals surface area contributed by atoms with Crippen LogP contribution < -0.4 is 11.1 Å². The van der Waals surface area contributed by atoms with Crippen LogP contribution in [0.4, 0.5) is 5.82 Å². The van der Waals surface area contributed by atoms with E-state index in [1.165, 1.54) is 12.3 Å². The number of carbonyl (C=O) groups is 2. The number of nitrogens with two attached hydrogens (primary N) is 1. The number of esters is 1. The Hall–Kier alpha value is -2.41. The van der Waals surface area contributed by atoms with Gasteiger partial charge in [-0.05, 0) is 36.2 Å². The summed E-state index contributed by atoms with van der Waals surface area (Å²) in [4.78, 5) is 27.7. The molecule has 0 radical (unpaired) electrons. The molecule has 6 nitrogen and oxygen atoms in total. The number of carbonyl (C=O) groups excluding carboxylic acids is 2. The summed E-state index contributed by atoms with van der Waals surface area (Å²) in [6.45, 7) is 1.59. The molecule has 1 atom stereocenters. The number of amides is 1. The molecule has 0 bridgehead atoms. The van der Waals surface area contributed by atoms with Gasteiger partial charge in [0.05, 0.1) is 6.04 Å². The number of ether oxygens (including phenoxy) is 1. The van der Waals surface area contributed by atoms with Gasteiger partial charge in [0.1, 0.15) is 11.4 Å². The third-order valence-electron chi connectivity index (χ3n) is 3.41. The molecule has 0 aliphatic heterocycles. The number of hydrogen-bond donors (Lipinski definition) is 2. The first-order chi connectivity index (χ1) is 11.5. The van der Waals surface area contributed by atoms with Gasteiger partial charge in [0, 0.05) is 10.7 Å². The first-order valence-corrected chi connectivity index (χ1v) is 8.23. The van der Waals surface area contributed by atoms with Crippen LogP contribution in [0.2, 0.25) is 0 Å². The molecule has 0 aliphatic rings. The molecule has 0 saturated carbocycles. The number of hydrogen-bond acceptors (Lipinski definition) is 5. The van der Waals surface area contributed by atoms with Crippen LogP contribution in [-0.2, 0) is 9.53 Å². The maximum absolute atomic E-state index is 12.0. The Morgan fingerprint density at radius 1 is 1.29 bits per heavy atom. The zero-order valence-corrected chi connectivity index (χ0v) is 14.7. The topological polar surface area (TPSA) is 94.3 Å². The molecule has 24 heavy (non-hydrogen) atoms. The van der Waals surface area contributed by atoms with E-state index in [0.29, 0.717) is 0 Å². The van der Waals surface area contributed by atoms with Gasteiger partial charge in [-0.2, -0.15) is 0 Å². The number of benzene rings is 1. The lowest BCUT2D eigenvalue weighted by atomic mass is 10.0. The van der Waals surface area contributed by atoms with E-state index in [9.17, 15) is 9.59 Å². The van der Waals surface area contributed by atoms with Gasteiger partial charge in [-0.1, -0.05) is 35.0 Å². The van der Waals surface area contributed by atoms with Gasteiger partial charge in [0.2, 0.25) is 0 Å². The fourth-order valence-corrected chi connectivity index (χ4v) is 2.42. The van der Waals surface area contributed by atoms with E-state index in [4.69, 9.17) is 10.5 Å². The van der Waals surface area contributed by atoms with E-state index >= 15 is 0 Å². The number of rotatable bonds is 6. The van der Waals surface area contributed by atoms with Gasteiger partial charge in [-0.3, -0.25) is 4.79 Å². The van der Waals surface area contributed by atoms with Crippen LogP contribution in [-0.4, -0.2) is 23.5 Å². The number of nitrogen functional groups attached to an aromatic ring is 1. The van der Waals surface area contributed by atoms with Gasteiger partial charge in [-0.25, -0.2) is 9.78 Å². The summed E-state index contributed by atoms with van der Waals surface area (Å²) in [6, 6.07) is 10.6. The smallest absolute Gasteiger partial charge is 0.342 e. The van der Waals surface area contributed by atoms with Crippen molar-refractivity contribution in [1.82, 2.24) is 10.3 Å². The quantitative estimate of drug-likeness (QED) is 0.738. The van der Waals surface area contributed by atoms with Crippen molar-refractivity contribution in [2.75, 3.05) is 12.3 Å². The predicted octanol–water partition coefficient (Wildman–Crippen LogP) is 2.85. The lowest BCUT2D eigenvalue weighted by molar-refractivity contribution is -0.125. The van der Waals surface area contributed by atoms with Crippen molar-refractivity contribution < 1.29 is 14.3 Å².